The minimum absolute atomic E-state index is 0.0330. The summed E-state index contributed by atoms with van der Waals surface area (Å²) in [5.74, 6) is -1.21. The van der Waals surface area contributed by atoms with Crippen molar-refractivity contribution in [3.8, 4) is 0 Å². The van der Waals surface area contributed by atoms with Crippen LogP contribution >= 0.6 is 11.8 Å². The van der Waals surface area contributed by atoms with Crippen molar-refractivity contribution in [3.05, 3.63) is 30.3 Å². The number of amides is 2. The number of likely N-dealkylation sites (tertiary alicyclic amines) is 1. The lowest BCUT2D eigenvalue weighted by Gasteiger charge is -2.18. The number of imide groups is 1. The normalized spacial score (nSPS) is 15.6. The van der Waals surface area contributed by atoms with E-state index < -0.39 is 34.5 Å². The predicted molar refractivity (Wildman–Crippen MR) is 100 cm³/mol. The molecule has 1 aromatic carbocycles. The fourth-order valence-electron chi connectivity index (χ4n) is 2.54. The number of hydrogen-bond donors (Lipinski definition) is 1. The number of sulfonamides is 1. The van der Waals surface area contributed by atoms with Gasteiger partial charge >= 0.3 is 5.97 Å². The van der Waals surface area contributed by atoms with Gasteiger partial charge in [0.15, 0.2) is 6.61 Å². The summed E-state index contributed by atoms with van der Waals surface area (Å²) >= 11 is 1.45. The average molecular weight is 415 g/mol. The van der Waals surface area contributed by atoms with Crippen molar-refractivity contribution in [1.82, 2.24) is 9.62 Å². The molecule has 1 heterocycles. The molecule has 0 bridgehead atoms. The number of carbonyl (C=O) groups excluding carboxylic acids is 3. The van der Waals surface area contributed by atoms with Crippen LogP contribution in [0.2, 0.25) is 0 Å². The second kappa shape index (κ2) is 9.86. The molecule has 0 spiro atoms. The van der Waals surface area contributed by atoms with E-state index in [9.17, 15) is 22.8 Å². The highest BCUT2D eigenvalue weighted by Crippen LogP contribution is 2.12. The fourth-order valence-corrected chi connectivity index (χ4v) is 4.25. The van der Waals surface area contributed by atoms with Crippen LogP contribution in [0, 0.1) is 0 Å². The molecule has 1 aliphatic rings. The highest BCUT2D eigenvalue weighted by molar-refractivity contribution is 7.98. The number of esters is 1. The highest BCUT2D eigenvalue weighted by Gasteiger charge is 2.30. The first-order valence-corrected chi connectivity index (χ1v) is 11.3. The SMILES string of the molecule is CSCC[C@H](NS(=O)(=O)c1ccccc1)C(=O)OCC(=O)N1CCCC1=O. The zero-order valence-corrected chi connectivity index (χ0v) is 16.6. The first kappa shape index (κ1) is 21.4. The summed E-state index contributed by atoms with van der Waals surface area (Å²) in [4.78, 5) is 37.0. The van der Waals surface area contributed by atoms with E-state index in [1.54, 1.807) is 18.2 Å². The molecule has 1 fully saturated rings. The summed E-state index contributed by atoms with van der Waals surface area (Å²) in [7, 11) is -3.91. The number of hydrogen-bond acceptors (Lipinski definition) is 7. The minimum atomic E-state index is -3.91. The summed E-state index contributed by atoms with van der Waals surface area (Å²) < 4.78 is 32.2. The lowest BCUT2D eigenvalue weighted by atomic mass is 10.2. The second-order valence-corrected chi connectivity index (χ2v) is 8.62. The van der Waals surface area contributed by atoms with Crippen LogP contribution in [0.3, 0.4) is 0 Å². The fraction of sp³-hybridized carbons (Fsp3) is 0.471. The largest absolute Gasteiger partial charge is 0.454 e. The molecule has 2 rings (SSSR count). The maximum Gasteiger partial charge on any atom is 0.324 e. The highest BCUT2D eigenvalue weighted by atomic mass is 32.2. The number of ether oxygens (including phenoxy) is 1. The van der Waals surface area contributed by atoms with Gasteiger partial charge in [0.25, 0.3) is 5.91 Å². The van der Waals surface area contributed by atoms with Crippen LogP contribution in [0.5, 0.6) is 0 Å². The van der Waals surface area contributed by atoms with Gasteiger partial charge in [0.2, 0.25) is 15.9 Å². The second-order valence-electron chi connectivity index (χ2n) is 5.92. The van der Waals surface area contributed by atoms with Crippen molar-refractivity contribution in [2.24, 2.45) is 0 Å². The number of thioether (sulfide) groups is 1. The van der Waals surface area contributed by atoms with E-state index in [2.05, 4.69) is 4.72 Å². The molecular weight excluding hydrogens is 392 g/mol. The van der Waals surface area contributed by atoms with Crippen LogP contribution in [-0.4, -0.2) is 62.3 Å². The molecule has 148 valence electrons. The van der Waals surface area contributed by atoms with Gasteiger partial charge in [-0.15, -0.1) is 0 Å². The number of carbonyl (C=O) groups is 3. The quantitative estimate of drug-likeness (QED) is 0.595. The topological polar surface area (TPSA) is 110 Å². The summed E-state index contributed by atoms with van der Waals surface area (Å²) in [6.45, 7) is -0.279. The Morgan fingerprint density at radius 1 is 1.30 bits per heavy atom. The van der Waals surface area contributed by atoms with Crippen molar-refractivity contribution in [1.29, 1.82) is 0 Å². The first-order valence-electron chi connectivity index (χ1n) is 8.41. The molecule has 2 amide bonds. The van der Waals surface area contributed by atoms with Gasteiger partial charge in [-0.3, -0.25) is 19.3 Å². The maximum atomic E-state index is 12.5. The van der Waals surface area contributed by atoms with E-state index in [0.29, 0.717) is 25.1 Å². The number of nitrogens with zero attached hydrogens (tertiary/aromatic N) is 1. The molecule has 0 unspecified atom stereocenters. The van der Waals surface area contributed by atoms with E-state index in [-0.39, 0.29) is 17.2 Å². The van der Waals surface area contributed by atoms with E-state index in [1.807, 2.05) is 6.26 Å². The Balaban J connectivity index is 2.00. The molecule has 0 aliphatic carbocycles. The molecule has 8 nitrogen and oxygen atoms in total. The van der Waals surface area contributed by atoms with Gasteiger partial charge in [0.05, 0.1) is 4.90 Å². The third-order valence-corrected chi connectivity index (χ3v) is 6.09. The zero-order chi connectivity index (χ0) is 19.9. The third-order valence-electron chi connectivity index (χ3n) is 3.96. The lowest BCUT2D eigenvalue weighted by molar-refractivity contribution is -0.155. The third kappa shape index (κ3) is 6.05. The van der Waals surface area contributed by atoms with Crippen molar-refractivity contribution in [3.63, 3.8) is 0 Å². The molecule has 27 heavy (non-hydrogen) atoms. The molecule has 1 atom stereocenters. The van der Waals surface area contributed by atoms with Crippen molar-refractivity contribution in [2.75, 3.05) is 25.2 Å². The van der Waals surface area contributed by atoms with Gasteiger partial charge in [-0.25, -0.2) is 8.42 Å². The van der Waals surface area contributed by atoms with Crippen molar-refractivity contribution >= 4 is 39.6 Å². The van der Waals surface area contributed by atoms with Crippen LogP contribution in [0.25, 0.3) is 0 Å². The maximum absolute atomic E-state index is 12.5. The smallest absolute Gasteiger partial charge is 0.324 e. The van der Waals surface area contributed by atoms with E-state index >= 15 is 0 Å². The summed E-state index contributed by atoms with van der Waals surface area (Å²) in [6, 6.07) is 6.56. The monoisotopic (exact) mass is 414 g/mol. The van der Waals surface area contributed by atoms with Gasteiger partial charge in [0, 0.05) is 13.0 Å². The van der Waals surface area contributed by atoms with Crippen LogP contribution < -0.4 is 4.72 Å². The predicted octanol–water partition coefficient (Wildman–Crippen LogP) is 0.779. The van der Waals surface area contributed by atoms with Gasteiger partial charge < -0.3 is 4.74 Å². The molecule has 0 saturated carbocycles. The Labute approximate surface area is 162 Å². The van der Waals surface area contributed by atoms with Crippen molar-refractivity contribution in [2.45, 2.75) is 30.2 Å². The van der Waals surface area contributed by atoms with Gasteiger partial charge in [-0.05, 0) is 37.0 Å². The number of nitrogens with one attached hydrogen (secondary N) is 1. The summed E-state index contributed by atoms with van der Waals surface area (Å²) in [6.07, 6.45) is 2.93. The lowest BCUT2D eigenvalue weighted by Crippen LogP contribution is -2.43. The van der Waals surface area contributed by atoms with Crippen molar-refractivity contribution < 1.29 is 27.5 Å². The summed E-state index contributed by atoms with van der Waals surface area (Å²) in [5.41, 5.74) is 0. The van der Waals surface area contributed by atoms with Gasteiger partial charge in [-0.2, -0.15) is 16.5 Å². The van der Waals surface area contributed by atoms with Crippen LogP contribution in [0.4, 0.5) is 0 Å². The summed E-state index contributed by atoms with van der Waals surface area (Å²) in [5, 5.41) is 0. The molecule has 0 radical (unpaired) electrons. The zero-order valence-electron chi connectivity index (χ0n) is 14.9. The van der Waals surface area contributed by atoms with Crippen LogP contribution in [0.1, 0.15) is 19.3 Å². The van der Waals surface area contributed by atoms with Gasteiger partial charge in [0.1, 0.15) is 6.04 Å². The van der Waals surface area contributed by atoms with Crippen LogP contribution in [0.15, 0.2) is 35.2 Å². The number of rotatable bonds is 9. The molecule has 1 aliphatic heterocycles. The van der Waals surface area contributed by atoms with Crippen LogP contribution in [-0.2, 0) is 29.1 Å². The number of benzene rings is 1. The first-order chi connectivity index (χ1) is 12.8. The standard InChI is InChI=1S/C17H22N2O6S2/c1-26-11-9-14(18-27(23,24)13-6-3-2-4-7-13)17(22)25-12-16(21)19-10-5-8-15(19)20/h2-4,6-7,14,18H,5,8-12H2,1H3/t14-/m0/s1. The Morgan fingerprint density at radius 2 is 2.00 bits per heavy atom. The Bertz CT molecular complexity index is 782. The average Bonchev–Trinajstić information content (AvgIpc) is 3.09. The van der Waals surface area contributed by atoms with E-state index in [4.69, 9.17) is 4.74 Å². The Hall–Kier alpha value is -1.91. The molecular formula is C17H22N2O6S2. The Morgan fingerprint density at radius 3 is 2.59 bits per heavy atom. The molecule has 0 aromatic heterocycles. The Kier molecular flexibility index (Phi) is 7.81. The molecule has 1 N–H and O–H groups in total. The van der Waals surface area contributed by atoms with Gasteiger partial charge in [-0.1, -0.05) is 18.2 Å². The van der Waals surface area contributed by atoms with E-state index in [1.165, 1.54) is 23.9 Å². The molecule has 1 saturated heterocycles. The minimum Gasteiger partial charge on any atom is -0.454 e. The molecule has 1 aromatic rings. The molecule has 10 heteroatoms. The van der Waals surface area contributed by atoms with E-state index in [0.717, 1.165) is 4.90 Å².